The molecule has 2 aromatic rings. The molecule has 0 bridgehead atoms. The SMILES string of the molecule is CCC(C)(CC)Nc1nc2ccc(Cl)cn2n1. The highest BCUT2D eigenvalue weighted by atomic mass is 35.5. The fourth-order valence-corrected chi connectivity index (χ4v) is 1.76. The first kappa shape index (κ1) is 12.2. The molecule has 0 amide bonds. The number of hydrogen-bond acceptors (Lipinski definition) is 3. The number of pyridine rings is 1. The summed E-state index contributed by atoms with van der Waals surface area (Å²) in [6.45, 7) is 6.48. The number of aromatic nitrogens is 3. The quantitative estimate of drug-likeness (QED) is 0.907. The normalized spacial score (nSPS) is 12.0. The second kappa shape index (κ2) is 4.53. The molecule has 0 unspecified atom stereocenters. The Bertz CT molecular complexity index is 516. The topological polar surface area (TPSA) is 42.2 Å². The van der Waals surface area contributed by atoms with E-state index < -0.39 is 0 Å². The molecule has 2 heterocycles. The average molecular weight is 253 g/mol. The van der Waals surface area contributed by atoms with E-state index in [1.807, 2.05) is 12.1 Å². The summed E-state index contributed by atoms with van der Waals surface area (Å²) in [4.78, 5) is 4.42. The van der Waals surface area contributed by atoms with Gasteiger partial charge in [0.25, 0.3) is 0 Å². The molecule has 1 N–H and O–H groups in total. The molecule has 2 aromatic heterocycles. The van der Waals surface area contributed by atoms with E-state index >= 15 is 0 Å². The van der Waals surface area contributed by atoms with Crippen LogP contribution >= 0.6 is 11.6 Å². The standard InChI is InChI=1S/C12H17ClN4/c1-4-12(3,5-2)15-11-14-10-7-6-9(13)8-17(10)16-11/h6-8H,4-5H2,1-3H3,(H,15,16). The molecule has 0 aromatic carbocycles. The lowest BCUT2D eigenvalue weighted by atomic mass is 9.96. The summed E-state index contributed by atoms with van der Waals surface area (Å²) < 4.78 is 1.69. The number of halogens is 1. The zero-order valence-corrected chi connectivity index (χ0v) is 11.1. The van der Waals surface area contributed by atoms with Crippen LogP contribution in [0.2, 0.25) is 5.02 Å². The van der Waals surface area contributed by atoms with Crippen molar-refractivity contribution in [3.05, 3.63) is 23.4 Å². The molecular formula is C12H17ClN4. The summed E-state index contributed by atoms with van der Waals surface area (Å²) in [7, 11) is 0. The molecular weight excluding hydrogens is 236 g/mol. The van der Waals surface area contributed by atoms with Crippen LogP contribution in [0.1, 0.15) is 33.6 Å². The third-order valence-electron chi connectivity index (χ3n) is 3.27. The smallest absolute Gasteiger partial charge is 0.243 e. The Hall–Kier alpha value is -1.29. The minimum atomic E-state index is 0.0364. The van der Waals surface area contributed by atoms with E-state index in [-0.39, 0.29) is 5.54 Å². The number of anilines is 1. The van der Waals surface area contributed by atoms with Crippen molar-refractivity contribution in [3.8, 4) is 0 Å². The predicted octanol–water partition coefficient (Wildman–Crippen LogP) is 3.37. The van der Waals surface area contributed by atoms with E-state index in [2.05, 4.69) is 36.2 Å². The van der Waals surface area contributed by atoms with Crippen LogP contribution in [0.5, 0.6) is 0 Å². The Kier molecular flexibility index (Phi) is 3.24. The zero-order valence-electron chi connectivity index (χ0n) is 10.4. The molecule has 0 fully saturated rings. The van der Waals surface area contributed by atoms with E-state index in [0.29, 0.717) is 11.0 Å². The lowest BCUT2D eigenvalue weighted by molar-refractivity contribution is 0.474. The maximum atomic E-state index is 5.91. The summed E-state index contributed by atoms with van der Waals surface area (Å²) in [6, 6.07) is 3.67. The maximum Gasteiger partial charge on any atom is 0.243 e. The molecule has 5 heteroatoms. The number of nitrogens with zero attached hydrogens (tertiary/aromatic N) is 3. The molecule has 0 aliphatic carbocycles. The van der Waals surface area contributed by atoms with E-state index in [4.69, 9.17) is 11.6 Å². The monoisotopic (exact) mass is 252 g/mol. The van der Waals surface area contributed by atoms with Gasteiger partial charge < -0.3 is 5.32 Å². The Morgan fingerprint density at radius 3 is 2.71 bits per heavy atom. The molecule has 0 aliphatic heterocycles. The molecule has 4 nitrogen and oxygen atoms in total. The van der Waals surface area contributed by atoms with Crippen molar-refractivity contribution in [2.75, 3.05) is 5.32 Å². The number of nitrogens with one attached hydrogen (secondary N) is 1. The lowest BCUT2D eigenvalue weighted by Gasteiger charge is -2.27. The molecule has 0 aliphatic rings. The van der Waals surface area contributed by atoms with Crippen LogP contribution in [0, 0.1) is 0 Å². The van der Waals surface area contributed by atoms with Gasteiger partial charge in [0, 0.05) is 11.7 Å². The first-order valence-electron chi connectivity index (χ1n) is 5.86. The molecule has 92 valence electrons. The lowest BCUT2D eigenvalue weighted by Crippen LogP contribution is -2.33. The van der Waals surface area contributed by atoms with E-state index in [1.54, 1.807) is 10.7 Å². The van der Waals surface area contributed by atoms with Crippen LogP contribution < -0.4 is 5.32 Å². The Balaban J connectivity index is 2.31. The van der Waals surface area contributed by atoms with Crippen molar-refractivity contribution < 1.29 is 0 Å². The molecule has 0 saturated carbocycles. The fraction of sp³-hybridized carbons (Fsp3) is 0.500. The number of hydrogen-bond donors (Lipinski definition) is 1. The Morgan fingerprint density at radius 1 is 1.35 bits per heavy atom. The van der Waals surface area contributed by atoms with Gasteiger partial charge in [0.05, 0.1) is 5.02 Å². The van der Waals surface area contributed by atoms with Crippen molar-refractivity contribution in [1.29, 1.82) is 0 Å². The molecule has 0 spiro atoms. The third-order valence-corrected chi connectivity index (χ3v) is 3.49. The van der Waals surface area contributed by atoms with Gasteiger partial charge in [0.15, 0.2) is 5.65 Å². The first-order valence-corrected chi connectivity index (χ1v) is 6.24. The second-order valence-corrected chi connectivity index (χ2v) is 4.91. The van der Waals surface area contributed by atoms with Crippen molar-refractivity contribution in [3.63, 3.8) is 0 Å². The Morgan fingerprint density at radius 2 is 2.06 bits per heavy atom. The zero-order chi connectivity index (χ0) is 12.5. The largest absolute Gasteiger partial charge is 0.348 e. The van der Waals surface area contributed by atoms with Crippen LogP contribution in [-0.4, -0.2) is 20.1 Å². The van der Waals surface area contributed by atoms with Gasteiger partial charge in [-0.05, 0) is 31.9 Å². The minimum Gasteiger partial charge on any atom is -0.348 e. The van der Waals surface area contributed by atoms with Gasteiger partial charge >= 0.3 is 0 Å². The second-order valence-electron chi connectivity index (χ2n) is 4.48. The van der Waals surface area contributed by atoms with Crippen LogP contribution in [0.4, 0.5) is 5.95 Å². The van der Waals surface area contributed by atoms with Gasteiger partial charge in [0.1, 0.15) is 0 Å². The fourth-order valence-electron chi connectivity index (χ4n) is 1.61. The predicted molar refractivity (Wildman–Crippen MR) is 70.6 cm³/mol. The van der Waals surface area contributed by atoms with Gasteiger partial charge in [0.2, 0.25) is 5.95 Å². The van der Waals surface area contributed by atoms with E-state index in [1.165, 1.54) is 0 Å². The Labute approximate surface area is 106 Å². The van der Waals surface area contributed by atoms with Gasteiger partial charge in [-0.25, -0.2) is 4.52 Å². The summed E-state index contributed by atoms with van der Waals surface area (Å²) in [5, 5.41) is 8.40. The number of fused-ring (bicyclic) bond motifs is 1. The highest BCUT2D eigenvalue weighted by Gasteiger charge is 2.20. The first-order chi connectivity index (χ1) is 8.06. The van der Waals surface area contributed by atoms with Crippen LogP contribution in [-0.2, 0) is 0 Å². The molecule has 2 rings (SSSR count). The third kappa shape index (κ3) is 2.52. The average Bonchev–Trinajstić information content (AvgIpc) is 2.70. The summed E-state index contributed by atoms with van der Waals surface area (Å²) >= 11 is 5.91. The molecule has 0 saturated heterocycles. The highest BCUT2D eigenvalue weighted by Crippen LogP contribution is 2.20. The van der Waals surface area contributed by atoms with Gasteiger partial charge in [-0.2, -0.15) is 4.98 Å². The highest BCUT2D eigenvalue weighted by molar-refractivity contribution is 6.30. The number of rotatable bonds is 4. The maximum absolute atomic E-state index is 5.91. The van der Waals surface area contributed by atoms with Crippen LogP contribution in [0.3, 0.4) is 0 Å². The summed E-state index contributed by atoms with van der Waals surface area (Å²) in [5.41, 5.74) is 0.834. The van der Waals surface area contributed by atoms with Gasteiger partial charge in [-0.15, -0.1) is 5.10 Å². The molecule has 0 atom stereocenters. The minimum absolute atomic E-state index is 0.0364. The van der Waals surface area contributed by atoms with Crippen molar-refractivity contribution >= 4 is 23.2 Å². The summed E-state index contributed by atoms with van der Waals surface area (Å²) in [6.07, 6.45) is 3.81. The van der Waals surface area contributed by atoms with Crippen molar-refractivity contribution in [1.82, 2.24) is 14.6 Å². The molecule has 0 radical (unpaired) electrons. The van der Waals surface area contributed by atoms with Crippen LogP contribution in [0.25, 0.3) is 5.65 Å². The summed E-state index contributed by atoms with van der Waals surface area (Å²) in [5.74, 6) is 0.651. The van der Waals surface area contributed by atoms with Crippen molar-refractivity contribution in [2.45, 2.75) is 39.2 Å². The van der Waals surface area contributed by atoms with Gasteiger partial charge in [-0.1, -0.05) is 25.4 Å². The van der Waals surface area contributed by atoms with E-state index in [9.17, 15) is 0 Å². The van der Waals surface area contributed by atoms with E-state index in [0.717, 1.165) is 18.5 Å². The van der Waals surface area contributed by atoms with Crippen molar-refractivity contribution in [2.24, 2.45) is 0 Å². The molecule has 17 heavy (non-hydrogen) atoms. The van der Waals surface area contributed by atoms with Crippen LogP contribution in [0.15, 0.2) is 18.3 Å². The van der Waals surface area contributed by atoms with Gasteiger partial charge in [-0.3, -0.25) is 0 Å².